The average Bonchev–Trinajstić information content (AvgIpc) is 2.44. The predicted octanol–water partition coefficient (Wildman–Crippen LogP) is 0.143. The molecule has 0 bridgehead atoms. The summed E-state index contributed by atoms with van der Waals surface area (Å²) in [6.45, 7) is 3.31. The summed E-state index contributed by atoms with van der Waals surface area (Å²) in [5.74, 6) is 0. The third-order valence-electron chi connectivity index (χ3n) is 3.58. The van der Waals surface area contributed by atoms with E-state index in [1.165, 1.54) is 12.1 Å². The third-order valence-corrected chi connectivity index (χ3v) is 3.58. The van der Waals surface area contributed by atoms with Crippen LogP contribution in [0.15, 0.2) is 18.2 Å². The van der Waals surface area contributed by atoms with Crippen molar-refractivity contribution < 1.29 is 25.0 Å². The average molecular weight is 298 g/mol. The molecule has 1 aliphatic rings. The van der Waals surface area contributed by atoms with Gasteiger partial charge in [-0.3, -0.25) is 10.1 Å². The highest BCUT2D eigenvalue weighted by Gasteiger charge is 2.41. The molecule has 5 atom stereocenters. The monoisotopic (exact) mass is 298 g/mol. The maximum atomic E-state index is 10.8. The summed E-state index contributed by atoms with van der Waals surface area (Å²) in [6, 6.07) is 4.28. The molecule has 1 aromatic rings. The fourth-order valence-corrected chi connectivity index (χ4v) is 2.20. The number of nitrogens with zero attached hydrogens (tertiary/aromatic N) is 1. The number of nitrogens with one attached hydrogen (secondary N) is 1. The van der Waals surface area contributed by atoms with E-state index in [1.54, 1.807) is 19.9 Å². The van der Waals surface area contributed by atoms with Gasteiger partial charge in [0, 0.05) is 17.8 Å². The molecule has 2 rings (SSSR count). The van der Waals surface area contributed by atoms with Gasteiger partial charge in [0.15, 0.2) is 6.23 Å². The molecular weight excluding hydrogens is 280 g/mol. The number of aliphatic hydroxyl groups excluding tert-OH is 3. The quantitative estimate of drug-likeness (QED) is 0.462. The summed E-state index contributed by atoms with van der Waals surface area (Å²) in [4.78, 5) is 10.3. The molecule has 1 heterocycles. The number of hydrogen-bond acceptors (Lipinski definition) is 7. The van der Waals surface area contributed by atoms with E-state index in [2.05, 4.69) is 5.32 Å². The number of nitro benzene ring substituents is 1. The summed E-state index contributed by atoms with van der Waals surface area (Å²) in [5.41, 5.74) is 1.05. The molecule has 1 saturated heterocycles. The number of ether oxygens (including phenoxy) is 1. The first kappa shape index (κ1) is 15.6. The van der Waals surface area contributed by atoms with Crippen LogP contribution < -0.4 is 5.32 Å². The Balaban J connectivity index is 2.21. The first-order valence-electron chi connectivity index (χ1n) is 6.52. The zero-order valence-electron chi connectivity index (χ0n) is 11.6. The van der Waals surface area contributed by atoms with Gasteiger partial charge in [0.25, 0.3) is 5.69 Å². The van der Waals surface area contributed by atoms with Gasteiger partial charge in [-0.05, 0) is 19.4 Å². The number of nitro groups is 1. The summed E-state index contributed by atoms with van der Waals surface area (Å²) < 4.78 is 5.40. The SMILES string of the molecule is Cc1ccc([N+](=O)[O-])cc1N[C@H]1O[C@@H](C)[C@@H](O)[C@@H](O)[C@H]1O. The zero-order valence-corrected chi connectivity index (χ0v) is 11.6. The molecule has 4 N–H and O–H groups in total. The molecule has 0 spiro atoms. The van der Waals surface area contributed by atoms with Crippen LogP contribution in [0, 0.1) is 17.0 Å². The Morgan fingerprint density at radius 2 is 1.90 bits per heavy atom. The van der Waals surface area contributed by atoms with Crippen molar-refractivity contribution in [3.8, 4) is 0 Å². The van der Waals surface area contributed by atoms with Crippen LogP contribution >= 0.6 is 0 Å². The highest BCUT2D eigenvalue weighted by molar-refractivity contribution is 5.57. The van der Waals surface area contributed by atoms with Crippen LogP contribution in [0.4, 0.5) is 11.4 Å². The molecule has 1 fully saturated rings. The minimum absolute atomic E-state index is 0.0953. The fraction of sp³-hybridized carbons (Fsp3) is 0.538. The fourth-order valence-electron chi connectivity index (χ4n) is 2.20. The Morgan fingerprint density at radius 3 is 2.52 bits per heavy atom. The van der Waals surface area contributed by atoms with E-state index in [-0.39, 0.29) is 5.69 Å². The highest BCUT2D eigenvalue weighted by atomic mass is 16.6. The number of aliphatic hydroxyl groups is 3. The molecule has 0 amide bonds. The Morgan fingerprint density at radius 1 is 1.24 bits per heavy atom. The Labute approximate surface area is 121 Å². The second-order valence-corrected chi connectivity index (χ2v) is 5.13. The lowest BCUT2D eigenvalue weighted by molar-refractivity contribution is -0.384. The largest absolute Gasteiger partial charge is 0.388 e. The predicted molar refractivity (Wildman–Crippen MR) is 73.8 cm³/mol. The van der Waals surface area contributed by atoms with Gasteiger partial charge in [0.2, 0.25) is 0 Å². The van der Waals surface area contributed by atoms with E-state index >= 15 is 0 Å². The van der Waals surface area contributed by atoms with Gasteiger partial charge in [0.1, 0.15) is 18.3 Å². The normalized spacial score (nSPS) is 32.7. The highest BCUT2D eigenvalue weighted by Crippen LogP contribution is 2.26. The second kappa shape index (κ2) is 5.94. The topological polar surface area (TPSA) is 125 Å². The van der Waals surface area contributed by atoms with Gasteiger partial charge in [-0.1, -0.05) is 6.07 Å². The van der Waals surface area contributed by atoms with E-state index in [4.69, 9.17) is 4.74 Å². The number of benzene rings is 1. The molecule has 1 aromatic carbocycles. The van der Waals surface area contributed by atoms with E-state index < -0.39 is 35.6 Å². The van der Waals surface area contributed by atoms with Crippen LogP contribution in [0.3, 0.4) is 0 Å². The smallest absolute Gasteiger partial charge is 0.271 e. The minimum atomic E-state index is -1.36. The Bertz CT molecular complexity index is 537. The first-order valence-corrected chi connectivity index (χ1v) is 6.52. The molecule has 0 aromatic heterocycles. The van der Waals surface area contributed by atoms with Gasteiger partial charge in [-0.2, -0.15) is 0 Å². The zero-order chi connectivity index (χ0) is 15.7. The van der Waals surface area contributed by atoms with Gasteiger partial charge in [-0.15, -0.1) is 0 Å². The minimum Gasteiger partial charge on any atom is -0.388 e. The second-order valence-electron chi connectivity index (χ2n) is 5.13. The molecule has 8 nitrogen and oxygen atoms in total. The van der Waals surface area contributed by atoms with Crippen molar-refractivity contribution >= 4 is 11.4 Å². The molecule has 0 radical (unpaired) electrons. The van der Waals surface area contributed by atoms with Crippen LogP contribution in [-0.2, 0) is 4.74 Å². The van der Waals surface area contributed by atoms with Crippen LogP contribution in [0.1, 0.15) is 12.5 Å². The number of rotatable bonds is 3. The summed E-state index contributed by atoms with van der Waals surface area (Å²) in [6.07, 6.45) is -5.55. The van der Waals surface area contributed by atoms with E-state index in [0.29, 0.717) is 5.69 Å². The van der Waals surface area contributed by atoms with Crippen molar-refractivity contribution in [2.75, 3.05) is 5.32 Å². The van der Waals surface area contributed by atoms with Crippen molar-refractivity contribution in [3.63, 3.8) is 0 Å². The van der Waals surface area contributed by atoms with Crippen LogP contribution in [-0.4, -0.2) is 50.9 Å². The molecule has 0 unspecified atom stereocenters. The lowest BCUT2D eigenvalue weighted by atomic mass is 9.99. The molecular formula is C13H18N2O6. The summed E-state index contributed by atoms with van der Waals surface area (Å²) in [5, 5.41) is 42.9. The van der Waals surface area contributed by atoms with E-state index in [1.807, 2.05) is 0 Å². The molecule has 0 saturated carbocycles. The summed E-state index contributed by atoms with van der Waals surface area (Å²) >= 11 is 0. The maximum absolute atomic E-state index is 10.8. The number of non-ortho nitro benzene ring substituents is 1. The number of aryl methyl sites for hydroxylation is 1. The van der Waals surface area contributed by atoms with E-state index in [0.717, 1.165) is 5.56 Å². The molecule has 1 aliphatic heterocycles. The van der Waals surface area contributed by atoms with Gasteiger partial charge < -0.3 is 25.4 Å². The molecule has 0 aliphatic carbocycles. The van der Waals surface area contributed by atoms with Gasteiger partial charge in [-0.25, -0.2) is 0 Å². The van der Waals surface area contributed by atoms with Gasteiger partial charge in [0.05, 0.1) is 11.0 Å². The van der Waals surface area contributed by atoms with Crippen LogP contribution in [0.5, 0.6) is 0 Å². The lowest BCUT2D eigenvalue weighted by Crippen LogP contribution is -2.58. The van der Waals surface area contributed by atoms with Crippen LogP contribution in [0.2, 0.25) is 0 Å². The maximum Gasteiger partial charge on any atom is 0.271 e. The molecule has 8 heteroatoms. The van der Waals surface area contributed by atoms with Crippen molar-refractivity contribution in [2.24, 2.45) is 0 Å². The Kier molecular flexibility index (Phi) is 4.43. The third kappa shape index (κ3) is 3.13. The molecule has 116 valence electrons. The standard InChI is InChI=1S/C13H18N2O6/c1-6-3-4-8(15(19)20)5-9(6)14-13-12(18)11(17)10(16)7(2)21-13/h3-5,7,10-14,16-18H,1-2H3/t7-,10+,11+,12+,13-/m0/s1. The van der Waals surface area contributed by atoms with Gasteiger partial charge >= 0.3 is 0 Å². The number of hydrogen-bond donors (Lipinski definition) is 4. The lowest BCUT2D eigenvalue weighted by Gasteiger charge is -2.40. The summed E-state index contributed by atoms with van der Waals surface area (Å²) in [7, 11) is 0. The number of anilines is 1. The van der Waals surface area contributed by atoms with Crippen molar-refractivity contribution in [1.29, 1.82) is 0 Å². The first-order chi connectivity index (χ1) is 9.81. The van der Waals surface area contributed by atoms with E-state index in [9.17, 15) is 25.4 Å². The van der Waals surface area contributed by atoms with Crippen molar-refractivity contribution in [3.05, 3.63) is 33.9 Å². The Hall–Kier alpha value is -1.74. The molecule has 21 heavy (non-hydrogen) atoms. The van der Waals surface area contributed by atoms with Crippen molar-refractivity contribution in [2.45, 2.75) is 44.5 Å². The van der Waals surface area contributed by atoms with Crippen LogP contribution in [0.25, 0.3) is 0 Å². The van der Waals surface area contributed by atoms with Crippen molar-refractivity contribution in [1.82, 2.24) is 0 Å².